The van der Waals surface area contributed by atoms with E-state index in [2.05, 4.69) is 0 Å². The maximum Gasteiger partial charge on any atom is 0.264 e. The molecule has 0 atom stereocenters. The van der Waals surface area contributed by atoms with Crippen LogP contribution in [0.25, 0.3) is 50.0 Å². The Kier molecular flexibility index (Phi) is 4.86. The summed E-state index contributed by atoms with van der Waals surface area (Å²) in [5.74, 6) is -0.119. The largest absolute Gasteiger partial charge is 0.506 e. The molecule has 0 fully saturated rings. The Morgan fingerprint density at radius 1 is 0.722 bits per heavy atom. The fraction of sp³-hybridized carbons (Fsp3) is 0.0690. The lowest BCUT2D eigenvalue weighted by atomic mass is 10.1. The predicted molar refractivity (Wildman–Crippen MR) is 142 cm³/mol. The molecule has 7 nitrogen and oxygen atoms in total. The van der Waals surface area contributed by atoms with Gasteiger partial charge >= 0.3 is 0 Å². The number of benzene rings is 3. The number of aryl methyl sites for hydroxylation is 2. The van der Waals surface area contributed by atoms with Gasteiger partial charge in [-0.25, -0.2) is 4.68 Å². The molecule has 36 heavy (non-hydrogen) atoms. The lowest BCUT2D eigenvalue weighted by molar-refractivity contribution is 0.481. The Labute approximate surface area is 205 Å². The van der Waals surface area contributed by atoms with Gasteiger partial charge in [0.1, 0.15) is 17.0 Å². The summed E-state index contributed by atoms with van der Waals surface area (Å²) in [4.78, 5) is 26.3. The molecule has 0 saturated heterocycles. The molecule has 3 heterocycles. The molecule has 3 aromatic heterocycles. The van der Waals surface area contributed by atoms with Crippen molar-refractivity contribution in [1.29, 1.82) is 0 Å². The molecule has 0 aliphatic rings. The molecule has 0 radical (unpaired) electrons. The Morgan fingerprint density at radius 3 is 2.06 bits per heavy atom. The zero-order valence-corrected chi connectivity index (χ0v) is 19.7. The van der Waals surface area contributed by atoms with E-state index < -0.39 is 0 Å². The molecule has 0 bridgehead atoms. The highest BCUT2D eigenvalue weighted by Gasteiger charge is 2.22. The number of rotatable bonds is 3. The van der Waals surface area contributed by atoms with Crippen molar-refractivity contribution in [1.82, 2.24) is 18.9 Å². The van der Waals surface area contributed by atoms with Gasteiger partial charge in [-0.1, -0.05) is 60.7 Å². The molecule has 0 aliphatic carbocycles. The van der Waals surface area contributed by atoms with Crippen molar-refractivity contribution in [2.75, 3.05) is 0 Å². The van der Waals surface area contributed by atoms with Crippen LogP contribution in [0.5, 0.6) is 5.75 Å². The first-order valence-electron chi connectivity index (χ1n) is 11.5. The molecule has 6 aromatic rings. The fourth-order valence-electron chi connectivity index (χ4n) is 4.78. The van der Waals surface area contributed by atoms with Crippen molar-refractivity contribution < 1.29 is 5.11 Å². The molecule has 6 rings (SSSR count). The van der Waals surface area contributed by atoms with Gasteiger partial charge in [0, 0.05) is 36.5 Å². The fourth-order valence-corrected chi connectivity index (χ4v) is 4.78. The summed E-state index contributed by atoms with van der Waals surface area (Å²) in [6.45, 7) is 0. The predicted octanol–water partition coefficient (Wildman–Crippen LogP) is 4.62. The van der Waals surface area contributed by atoms with E-state index in [9.17, 15) is 14.7 Å². The Hall–Kier alpha value is -4.91. The standard InChI is InChI=1S/C29H22N4O3/c1-31-22-14-8-6-12-19(22)25(17-26(31)34)33-24(18-10-4-3-5-11-18)16-21(30-33)27-28(35)20-13-7-9-15-23(20)32(2)29(27)36/h3-17,35H,1-2H3. The maximum absolute atomic E-state index is 13.4. The Balaban J connectivity index is 1.72. The summed E-state index contributed by atoms with van der Waals surface area (Å²) in [6.07, 6.45) is 0. The summed E-state index contributed by atoms with van der Waals surface area (Å²) in [5, 5.41) is 17.4. The molecule has 0 saturated carbocycles. The minimum atomic E-state index is -0.357. The molecule has 0 unspecified atom stereocenters. The summed E-state index contributed by atoms with van der Waals surface area (Å²) in [7, 11) is 3.41. The molecular weight excluding hydrogens is 452 g/mol. The highest BCUT2D eigenvalue weighted by atomic mass is 16.3. The second-order valence-corrected chi connectivity index (χ2v) is 8.74. The average Bonchev–Trinajstić information content (AvgIpc) is 3.35. The number of hydrogen-bond donors (Lipinski definition) is 1. The molecule has 0 spiro atoms. The van der Waals surface area contributed by atoms with Crippen molar-refractivity contribution >= 4 is 21.8 Å². The third-order valence-corrected chi connectivity index (χ3v) is 6.67. The van der Waals surface area contributed by atoms with Crippen LogP contribution in [0, 0.1) is 0 Å². The van der Waals surface area contributed by atoms with Gasteiger partial charge < -0.3 is 14.2 Å². The molecule has 1 N–H and O–H groups in total. The van der Waals surface area contributed by atoms with Crippen LogP contribution in [-0.4, -0.2) is 24.0 Å². The van der Waals surface area contributed by atoms with E-state index in [1.54, 1.807) is 47.6 Å². The number of fused-ring (bicyclic) bond motifs is 2. The van der Waals surface area contributed by atoms with Crippen LogP contribution < -0.4 is 11.1 Å². The van der Waals surface area contributed by atoms with Crippen molar-refractivity contribution in [3.8, 4) is 34.0 Å². The van der Waals surface area contributed by atoms with Crippen LogP contribution in [0.4, 0.5) is 0 Å². The normalized spacial score (nSPS) is 11.4. The minimum Gasteiger partial charge on any atom is -0.506 e. The summed E-state index contributed by atoms with van der Waals surface area (Å²) < 4.78 is 4.79. The first kappa shape index (κ1) is 21.6. The monoisotopic (exact) mass is 474 g/mol. The highest BCUT2D eigenvalue weighted by Crippen LogP contribution is 2.35. The number of aromatic hydroxyl groups is 1. The van der Waals surface area contributed by atoms with E-state index in [0.717, 1.165) is 16.5 Å². The summed E-state index contributed by atoms with van der Waals surface area (Å²) >= 11 is 0. The number of nitrogens with zero attached hydrogens (tertiary/aromatic N) is 4. The topological polar surface area (TPSA) is 82.0 Å². The molecule has 176 valence electrons. The second kappa shape index (κ2) is 8.09. The number of para-hydroxylation sites is 2. The van der Waals surface area contributed by atoms with Crippen molar-refractivity contribution in [2.24, 2.45) is 14.1 Å². The van der Waals surface area contributed by atoms with Crippen LogP contribution in [0.3, 0.4) is 0 Å². The summed E-state index contributed by atoms with van der Waals surface area (Å²) in [5.41, 5.74) is 3.44. The second-order valence-electron chi connectivity index (χ2n) is 8.74. The minimum absolute atomic E-state index is 0.111. The number of aromatic nitrogens is 4. The first-order chi connectivity index (χ1) is 17.5. The van der Waals surface area contributed by atoms with Crippen LogP contribution in [0.2, 0.25) is 0 Å². The van der Waals surface area contributed by atoms with Crippen molar-refractivity contribution in [3.63, 3.8) is 0 Å². The third kappa shape index (κ3) is 3.17. The van der Waals surface area contributed by atoms with Gasteiger partial charge in [0.05, 0.1) is 22.4 Å². The van der Waals surface area contributed by atoms with Gasteiger partial charge in [-0.05, 0) is 24.3 Å². The molecule has 3 aromatic carbocycles. The van der Waals surface area contributed by atoms with Crippen molar-refractivity contribution in [3.05, 3.63) is 112 Å². The van der Waals surface area contributed by atoms with E-state index in [4.69, 9.17) is 5.10 Å². The van der Waals surface area contributed by atoms with Gasteiger partial charge in [0.2, 0.25) is 0 Å². The summed E-state index contributed by atoms with van der Waals surface area (Å²) in [6, 6.07) is 27.8. The van der Waals surface area contributed by atoms with E-state index in [-0.39, 0.29) is 22.4 Å². The SMILES string of the molecule is Cn1c(=O)cc(-n2nc(-c3c(O)c4ccccc4n(C)c3=O)cc2-c2ccccc2)c2ccccc21. The average molecular weight is 475 g/mol. The van der Waals surface area contributed by atoms with Crippen LogP contribution in [0.1, 0.15) is 0 Å². The van der Waals surface area contributed by atoms with Gasteiger partial charge in [-0.2, -0.15) is 5.10 Å². The van der Waals surface area contributed by atoms with Gasteiger partial charge in [-0.15, -0.1) is 0 Å². The van der Waals surface area contributed by atoms with Crippen LogP contribution in [-0.2, 0) is 14.1 Å². The smallest absolute Gasteiger partial charge is 0.264 e. The van der Waals surface area contributed by atoms with Crippen molar-refractivity contribution in [2.45, 2.75) is 0 Å². The van der Waals surface area contributed by atoms with Crippen LogP contribution >= 0.6 is 0 Å². The molecule has 7 heteroatoms. The van der Waals surface area contributed by atoms with Gasteiger partial charge in [-0.3, -0.25) is 9.59 Å². The van der Waals surface area contributed by atoms with Gasteiger partial charge in [0.15, 0.2) is 0 Å². The molecular formula is C29H22N4O3. The number of hydrogen-bond acceptors (Lipinski definition) is 4. The lowest BCUT2D eigenvalue weighted by Gasteiger charge is -2.13. The van der Waals surface area contributed by atoms with E-state index in [0.29, 0.717) is 28.0 Å². The molecule has 0 amide bonds. The Morgan fingerprint density at radius 2 is 1.33 bits per heavy atom. The van der Waals surface area contributed by atoms with Gasteiger partial charge in [0.25, 0.3) is 11.1 Å². The van der Waals surface area contributed by atoms with Crippen LogP contribution in [0.15, 0.2) is 101 Å². The van der Waals surface area contributed by atoms with E-state index in [1.807, 2.05) is 66.7 Å². The maximum atomic E-state index is 13.4. The first-order valence-corrected chi connectivity index (χ1v) is 11.5. The van der Waals surface area contributed by atoms with E-state index >= 15 is 0 Å². The quantitative estimate of drug-likeness (QED) is 0.406. The zero-order valence-electron chi connectivity index (χ0n) is 19.7. The third-order valence-electron chi connectivity index (χ3n) is 6.67. The number of pyridine rings is 2. The van der Waals surface area contributed by atoms with E-state index in [1.165, 1.54) is 4.57 Å². The Bertz CT molecular complexity index is 1910. The zero-order chi connectivity index (χ0) is 25.0. The lowest BCUT2D eigenvalue weighted by Crippen LogP contribution is -2.20. The highest BCUT2D eigenvalue weighted by molar-refractivity contribution is 5.93. The molecule has 0 aliphatic heterocycles.